The molecule has 2 aromatic carbocycles. The summed E-state index contributed by atoms with van der Waals surface area (Å²) in [7, 11) is 0. The van der Waals surface area contributed by atoms with Crippen LogP contribution in [0.3, 0.4) is 0 Å². The van der Waals surface area contributed by atoms with E-state index < -0.39 is 5.97 Å². The van der Waals surface area contributed by atoms with Crippen molar-refractivity contribution < 1.29 is 19.1 Å². The molecule has 0 aliphatic heterocycles. The molecule has 0 unspecified atom stereocenters. The van der Waals surface area contributed by atoms with Gasteiger partial charge in [-0.25, -0.2) is 4.79 Å². The summed E-state index contributed by atoms with van der Waals surface area (Å²) in [6.07, 6.45) is 2.34. The number of carbonyl (C=O) groups is 2. The van der Waals surface area contributed by atoms with E-state index in [0.29, 0.717) is 11.3 Å². The summed E-state index contributed by atoms with van der Waals surface area (Å²) in [5.74, 6) is -0.0568. The number of esters is 1. The maximum absolute atomic E-state index is 12.7. The number of para-hydroxylation sites is 1. The predicted octanol–water partition coefficient (Wildman–Crippen LogP) is 4.78. The number of benzene rings is 2. The number of anilines is 1. The van der Waals surface area contributed by atoms with Crippen LogP contribution in [0.1, 0.15) is 55.6 Å². The van der Waals surface area contributed by atoms with Crippen molar-refractivity contribution in [1.82, 2.24) is 0 Å². The lowest BCUT2D eigenvalue weighted by molar-refractivity contribution is -0.150. The SMILES string of the molecule is CCc1cccc(CC)c1NC(=O)c1ccc(OCC(=O)O[C@@H](C)CC)cc1. The molecule has 1 amide bonds. The molecular weight excluding hydrogens is 354 g/mol. The normalized spacial score (nSPS) is 11.6. The van der Waals surface area contributed by atoms with E-state index in [4.69, 9.17) is 9.47 Å². The standard InChI is InChI=1S/C23H29NO4/c1-5-16(4)28-21(25)15-27-20-13-11-19(12-14-20)23(26)24-22-17(6-2)9-8-10-18(22)7-3/h8-14,16H,5-7,15H2,1-4H3,(H,24,26)/t16-/m0/s1. The summed E-state index contributed by atoms with van der Waals surface area (Å²) in [5, 5.41) is 3.04. The van der Waals surface area contributed by atoms with Crippen LogP contribution >= 0.6 is 0 Å². The van der Waals surface area contributed by atoms with Gasteiger partial charge in [-0.1, -0.05) is 39.0 Å². The fourth-order valence-corrected chi connectivity index (χ4v) is 2.78. The predicted molar refractivity (Wildman–Crippen MR) is 111 cm³/mol. The molecular formula is C23H29NO4. The first-order chi connectivity index (χ1) is 13.5. The third kappa shape index (κ3) is 5.84. The number of amides is 1. The second kappa shape index (κ2) is 10.5. The van der Waals surface area contributed by atoms with E-state index in [1.165, 1.54) is 0 Å². The summed E-state index contributed by atoms with van der Waals surface area (Å²) in [6.45, 7) is 7.78. The van der Waals surface area contributed by atoms with Crippen LogP contribution in [0, 0.1) is 0 Å². The number of hydrogen-bond acceptors (Lipinski definition) is 4. The zero-order valence-corrected chi connectivity index (χ0v) is 17.1. The molecule has 5 heteroatoms. The lowest BCUT2D eigenvalue weighted by atomic mass is 10.0. The molecule has 5 nitrogen and oxygen atoms in total. The topological polar surface area (TPSA) is 64.6 Å². The third-order valence-corrected chi connectivity index (χ3v) is 4.62. The van der Waals surface area contributed by atoms with E-state index in [1.54, 1.807) is 24.3 Å². The lowest BCUT2D eigenvalue weighted by Gasteiger charge is -2.15. The fraction of sp³-hybridized carbons (Fsp3) is 0.391. The molecule has 2 rings (SSSR count). The molecule has 1 atom stereocenters. The first kappa shape index (κ1) is 21.5. The van der Waals surface area contributed by atoms with Crippen molar-refractivity contribution in [2.45, 2.75) is 53.1 Å². The Morgan fingerprint density at radius 2 is 1.57 bits per heavy atom. The van der Waals surface area contributed by atoms with Crippen molar-refractivity contribution in [2.24, 2.45) is 0 Å². The van der Waals surface area contributed by atoms with Crippen LogP contribution in [0.2, 0.25) is 0 Å². The van der Waals surface area contributed by atoms with Gasteiger partial charge in [-0.15, -0.1) is 0 Å². The molecule has 0 radical (unpaired) electrons. The molecule has 0 aromatic heterocycles. The summed E-state index contributed by atoms with van der Waals surface area (Å²) in [4.78, 5) is 24.3. The van der Waals surface area contributed by atoms with E-state index in [-0.39, 0.29) is 18.6 Å². The van der Waals surface area contributed by atoms with Crippen molar-refractivity contribution in [1.29, 1.82) is 0 Å². The second-order valence-electron chi connectivity index (χ2n) is 6.63. The molecule has 0 bridgehead atoms. The molecule has 0 spiro atoms. The monoisotopic (exact) mass is 383 g/mol. The van der Waals surface area contributed by atoms with Gasteiger partial charge in [-0.05, 0) is 61.6 Å². The van der Waals surface area contributed by atoms with Crippen molar-refractivity contribution >= 4 is 17.6 Å². The van der Waals surface area contributed by atoms with Gasteiger partial charge in [0.15, 0.2) is 6.61 Å². The van der Waals surface area contributed by atoms with Crippen molar-refractivity contribution in [2.75, 3.05) is 11.9 Å². The largest absolute Gasteiger partial charge is 0.482 e. The Bertz CT molecular complexity index is 776. The van der Waals surface area contributed by atoms with Gasteiger partial charge in [-0.2, -0.15) is 0 Å². The highest BCUT2D eigenvalue weighted by Crippen LogP contribution is 2.23. The van der Waals surface area contributed by atoms with Crippen LogP contribution in [0.25, 0.3) is 0 Å². The van der Waals surface area contributed by atoms with Gasteiger partial charge in [0.25, 0.3) is 5.91 Å². The second-order valence-corrected chi connectivity index (χ2v) is 6.63. The summed E-state index contributed by atoms with van der Waals surface area (Å²) >= 11 is 0. The average Bonchev–Trinajstić information content (AvgIpc) is 2.72. The molecule has 28 heavy (non-hydrogen) atoms. The average molecular weight is 383 g/mol. The van der Waals surface area contributed by atoms with E-state index in [1.807, 2.05) is 32.0 Å². The Labute approximate surface area is 167 Å². The van der Waals surface area contributed by atoms with Gasteiger partial charge in [0.1, 0.15) is 5.75 Å². The van der Waals surface area contributed by atoms with Crippen molar-refractivity contribution in [3.05, 3.63) is 59.2 Å². The van der Waals surface area contributed by atoms with E-state index in [9.17, 15) is 9.59 Å². The number of ether oxygens (including phenoxy) is 2. The highest BCUT2D eigenvalue weighted by atomic mass is 16.6. The zero-order chi connectivity index (χ0) is 20.5. The van der Waals surface area contributed by atoms with Crippen LogP contribution in [0.15, 0.2) is 42.5 Å². The minimum Gasteiger partial charge on any atom is -0.482 e. The first-order valence-corrected chi connectivity index (χ1v) is 9.82. The van der Waals surface area contributed by atoms with Crippen LogP contribution in [0.5, 0.6) is 5.75 Å². The molecule has 150 valence electrons. The molecule has 0 aliphatic rings. The van der Waals surface area contributed by atoms with Crippen LogP contribution in [-0.4, -0.2) is 24.6 Å². The van der Waals surface area contributed by atoms with Gasteiger partial charge in [0.2, 0.25) is 0 Å². The summed E-state index contributed by atoms with van der Waals surface area (Å²) in [6, 6.07) is 12.8. The number of rotatable bonds is 9. The van der Waals surface area contributed by atoms with Crippen LogP contribution in [0.4, 0.5) is 5.69 Å². The molecule has 0 heterocycles. The first-order valence-electron chi connectivity index (χ1n) is 9.82. The van der Waals surface area contributed by atoms with Crippen molar-refractivity contribution in [3.8, 4) is 5.75 Å². The van der Waals surface area contributed by atoms with Crippen LogP contribution < -0.4 is 10.1 Å². The van der Waals surface area contributed by atoms with Gasteiger partial charge < -0.3 is 14.8 Å². The zero-order valence-electron chi connectivity index (χ0n) is 17.1. The Morgan fingerprint density at radius 1 is 0.964 bits per heavy atom. The Morgan fingerprint density at radius 3 is 2.11 bits per heavy atom. The number of nitrogens with one attached hydrogen (secondary N) is 1. The Balaban J connectivity index is 2.00. The maximum Gasteiger partial charge on any atom is 0.344 e. The molecule has 0 fully saturated rings. The number of aryl methyl sites for hydroxylation is 2. The maximum atomic E-state index is 12.7. The quantitative estimate of drug-likeness (QED) is 0.633. The highest BCUT2D eigenvalue weighted by molar-refractivity contribution is 6.05. The minimum absolute atomic E-state index is 0.124. The van der Waals surface area contributed by atoms with Gasteiger partial charge in [0, 0.05) is 11.3 Å². The molecule has 1 N–H and O–H groups in total. The molecule has 2 aromatic rings. The molecule has 0 aliphatic carbocycles. The fourth-order valence-electron chi connectivity index (χ4n) is 2.78. The van der Waals surface area contributed by atoms with Crippen molar-refractivity contribution in [3.63, 3.8) is 0 Å². The molecule has 0 saturated carbocycles. The van der Waals surface area contributed by atoms with Gasteiger partial charge >= 0.3 is 5.97 Å². The van der Waals surface area contributed by atoms with E-state index in [2.05, 4.69) is 19.2 Å². The summed E-state index contributed by atoms with van der Waals surface area (Å²) < 4.78 is 10.6. The lowest BCUT2D eigenvalue weighted by Crippen LogP contribution is -2.20. The van der Waals surface area contributed by atoms with E-state index >= 15 is 0 Å². The Kier molecular flexibility index (Phi) is 8.05. The smallest absolute Gasteiger partial charge is 0.344 e. The van der Waals surface area contributed by atoms with Gasteiger partial charge in [-0.3, -0.25) is 4.79 Å². The number of hydrogen-bond donors (Lipinski definition) is 1. The third-order valence-electron chi connectivity index (χ3n) is 4.62. The Hall–Kier alpha value is -2.82. The summed E-state index contributed by atoms with van der Waals surface area (Å²) in [5.41, 5.74) is 3.66. The van der Waals surface area contributed by atoms with E-state index in [0.717, 1.165) is 36.1 Å². The minimum atomic E-state index is -0.403. The highest BCUT2D eigenvalue weighted by Gasteiger charge is 2.13. The molecule has 0 saturated heterocycles. The number of carbonyl (C=O) groups excluding carboxylic acids is 2. The van der Waals surface area contributed by atoms with Crippen LogP contribution in [-0.2, 0) is 22.4 Å². The van der Waals surface area contributed by atoms with Gasteiger partial charge in [0.05, 0.1) is 6.10 Å².